The fourth-order valence-corrected chi connectivity index (χ4v) is 0.729. The molecule has 1 N–H and O–H groups in total. The molecule has 0 aliphatic carbocycles. The van der Waals surface area contributed by atoms with Crippen LogP contribution in [-0.4, -0.2) is 11.1 Å². The molecule has 0 amide bonds. The molecule has 0 aliphatic rings. The maximum Gasteiger partial charge on any atom is 0.332 e. The summed E-state index contributed by atoms with van der Waals surface area (Å²) in [4.78, 5) is 9.78. The van der Waals surface area contributed by atoms with Crippen molar-refractivity contribution in [2.75, 3.05) is 0 Å². The summed E-state index contributed by atoms with van der Waals surface area (Å²) in [5, 5.41) is 8.03. The number of carboxylic acid groups (broad SMARTS) is 1. The molecule has 0 aromatic heterocycles. The van der Waals surface area contributed by atoms with Crippen molar-refractivity contribution in [1.82, 2.24) is 0 Å². The molecule has 0 heterocycles. The second-order valence-corrected chi connectivity index (χ2v) is 2.93. The minimum Gasteiger partial charge on any atom is -0.478 e. The lowest BCUT2D eigenvalue weighted by Gasteiger charge is -1.85. The summed E-state index contributed by atoms with van der Waals surface area (Å²) >= 11 is 5.00. The molecule has 0 fully saturated rings. The lowest BCUT2D eigenvalue weighted by atomic mass is 10.2. The minimum atomic E-state index is -0.977. The van der Waals surface area contributed by atoms with E-state index in [1.807, 2.05) is 36.4 Å². The summed E-state index contributed by atoms with van der Waals surface area (Å²) in [6.45, 7) is 5.06. The number of carboxylic acids is 1. The van der Waals surface area contributed by atoms with Crippen LogP contribution in [0.15, 0.2) is 48.0 Å². The van der Waals surface area contributed by atoms with Gasteiger partial charge in [0, 0.05) is 11.1 Å². The summed E-state index contributed by atoms with van der Waals surface area (Å²) in [5.74, 6) is -0.977. The molecule has 2 nitrogen and oxygen atoms in total. The van der Waals surface area contributed by atoms with Crippen molar-refractivity contribution in [1.29, 1.82) is 0 Å². The Morgan fingerprint density at radius 3 is 2.13 bits per heavy atom. The molecule has 80 valence electrons. The molecule has 0 atom stereocenters. The van der Waals surface area contributed by atoms with Crippen LogP contribution in [0.5, 0.6) is 0 Å². The van der Waals surface area contributed by atoms with Crippen molar-refractivity contribution < 1.29 is 9.90 Å². The number of hydrogen-bond donors (Lipinski definition) is 1. The quantitative estimate of drug-likeness (QED) is 0.781. The highest BCUT2D eigenvalue weighted by molar-refractivity contribution is 6.27. The van der Waals surface area contributed by atoms with Gasteiger partial charge in [0.05, 0.1) is 0 Å². The topological polar surface area (TPSA) is 37.3 Å². The molecule has 0 saturated carbocycles. The van der Waals surface area contributed by atoms with Gasteiger partial charge in [-0.25, -0.2) is 4.79 Å². The third-order valence-corrected chi connectivity index (χ3v) is 1.86. The average Bonchev–Trinajstić information content (AvgIpc) is 2.29. The Morgan fingerprint density at radius 2 is 1.93 bits per heavy atom. The SMILES string of the molecule is C=Cc1ccccc1.CC(=CCl)C(=O)O. The monoisotopic (exact) mass is 224 g/mol. The number of halogens is 1. The largest absolute Gasteiger partial charge is 0.478 e. The fourth-order valence-electron chi connectivity index (χ4n) is 0.636. The van der Waals surface area contributed by atoms with Crippen LogP contribution in [0.2, 0.25) is 0 Å². The maximum absolute atomic E-state index is 9.78. The van der Waals surface area contributed by atoms with Gasteiger partial charge in [-0.3, -0.25) is 0 Å². The Morgan fingerprint density at radius 1 is 1.40 bits per heavy atom. The molecule has 1 aromatic rings. The first kappa shape index (κ1) is 13.5. The first-order valence-electron chi connectivity index (χ1n) is 4.29. The molecule has 15 heavy (non-hydrogen) atoms. The van der Waals surface area contributed by atoms with E-state index in [1.54, 1.807) is 0 Å². The van der Waals surface area contributed by atoms with Crippen LogP contribution in [0.3, 0.4) is 0 Å². The summed E-state index contributed by atoms with van der Waals surface area (Å²) < 4.78 is 0. The Balaban J connectivity index is 0.000000265. The van der Waals surface area contributed by atoms with Crippen molar-refractivity contribution >= 4 is 23.6 Å². The van der Waals surface area contributed by atoms with E-state index in [9.17, 15) is 4.79 Å². The molecule has 0 aliphatic heterocycles. The van der Waals surface area contributed by atoms with E-state index in [-0.39, 0.29) is 5.57 Å². The predicted octanol–water partition coefficient (Wildman–Crippen LogP) is 3.54. The molecule has 3 heteroatoms. The average molecular weight is 225 g/mol. The Bertz CT molecular complexity index is 342. The van der Waals surface area contributed by atoms with Gasteiger partial charge >= 0.3 is 5.97 Å². The predicted molar refractivity (Wildman–Crippen MR) is 63.8 cm³/mol. The second kappa shape index (κ2) is 7.83. The van der Waals surface area contributed by atoms with Crippen molar-refractivity contribution in [2.45, 2.75) is 6.92 Å². The molecular weight excluding hydrogens is 212 g/mol. The van der Waals surface area contributed by atoms with Gasteiger partial charge in [-0.2, -0.15) is 0 Å². The molecule has 0 bridgehead atoms. The molecule has 1 rings (SSSR count). The van der Waals surface area contributed by atoms with Gasteiger partial charge in [0.15, 0.2) is 0 Å². The van der Waals surface area contributed by atoms with Crippen LogP contribution in [0.25, 0.3) is 6.08 Å². The molecule has 0 radical (unpaired) electrons. The number of rotatable bonds is 2. The van der Waals surface area contributed by atoms with Crippen molar-refractivity contribution in [3.05, 3.63) is 53.6 Å². The summed E-state index contributed by atoms with van der Waals surface area (Å²) in [6, 6.07) is 10.0. The molecular formula is C12H13ClO2. The summed E-state index contributed by atoms with van der Waals surface area (Å²) in [6.07, 6.45) is 1.83. The molecule has 1 aromatic carbocycles. The number of carbonyl (C=O) groups is 1. The van der Waals surface area contributed by atoms with Crippen molar-refractivity contribution in [2.24, 2.45) is 0 Å². The normalized spacial score (nSPS) is 9.87. The van der Waals surface area contributed by atoms with E-state index in [0.29, 0.717) is 0 Å². The Kier molecular flexibility index (Phi) is 7.02. The molecule has 0 spiro atoms. The fraction of sp³-hybridized carbons (Fsp3) is 0.0833. The highest BCUT2D eigenvalue weighted by Crippen LogP contribution is 1.97. The van der Waals surface area contributed by atoms with Gasteiger partial charge in [0.2, 0.25) is 0 Å². The highest BCUT2D eigenvalue weighted by Gasteiger charge is 1.94. The number of aliphatic carboxylic acids is 1. The zero-order chi connectivity index (χ0) is 11.7. The van der Waals surface area contributed by atoms with E-state index < -0.39 is 5.97 Å². The highest BCUT2D eigenvalue weighted by atomic mass is 35.5. The second-order valence-electron chi connectivity index (χ2n) is 2.71. The first-order valence-corrected chi connectivity index (χ1v) is 4.73. The van der Waals surface area contributed by atoms with Gasteiger partial charge in [-0.15, -0.1) is 0 Å². The lowest BCUT2D eigenvalue weighted by molar-refractivity contribution is -0.132. The van der Waals surface area contributed by atoms with Crippen LogP contribution >= 0.6 is 11.6 Å². The first-order chi connectivity index (χ1) is 7.11. The zero-order valence-electron chi connectivity index (χ0n) is 8.48. The smallest absolute Gasteiger partial charge is 0.332 e. The van der Waals surface area contributed by atoms with Crippen LogP contribution in [0, 0.1) is 0 Å². The molecule has 0 saturated heterocycles. The van der Waals surface area contributed by atoms with Gasteiger partial charge in [-0.1, -0.05) is 54.6 Å². The van der Waals surface area contributed by atoms with Gasteiger partial charge < -0.3 is 5.11 Å². The Hall–Kier alpha value is -1.54. The zero-order valence-corrected chi connectivity index (χ0v) is 9.24. The maximum atomic E-state index is 9.78. The third-order valence-electron chi connectivity index (χ3n) is 1.54. The van der Waals surface area contributed by atoms with Crippen LogP contribution in [0.1, 0.15) is 12.5 Å². The van der Waals surface area contributed by atoms with E-state index in [4.69, 9.17) is 16.7 Å². The van der Waals surface area contributed by atoms with E-state index >= 15 is 0 Å². The van der Waals surface area contributed by atoms with Crippen LogP contribution in [0.4, 0.5) is 0 Å². The molecule has 0 unspecified atom stereocenters. The minimum absolute atomic E-state index is 0.154. The Labute approximate surface area is 94.5 Å². The summed E-state index contributed by atoms with van der Waals surface area (Å²) in [7, 11) is 0. The van der Waals surface area contributed by atoms with E-state index in [0.717, 1.165) is 5.54 Å². The van der Waals surface area contributed by atoms with Crippen molar-refractivity contribution in [3.63, 3.8) is 0 Å². The summed E-state index contributed by atoms with van der Waals surface area (Å²) in [5.41, 5.74) is 2.36. The van der Waals surface area contributed by atoms with E-state index in [1.165, 1.54) is 12.5 Å². The number of benzene rings is 1. The lowest BCUT2D eigenvalue weighted by Crippen LogP contribution is -1.93. The number of hydrogen-bond acceptors (Lipinski definition) is 1. The van der Waals surface area contributed by atoms with Crippen molar-refractivity contribution in [3.8, 4) is 0 Å². The van der Waals surface area contributed by atoms with Crippen LogP contribution in [-0.2, 0) is 4.79 Å². The third kappa shape index (κ3) is 6.52. The standard InChI is InChI=1S/C8H8.C4H5ClO2/c1-2-8-6-4-3-5-7-8;1-3(2-5)4(6)7/h2-7H,1H2;2H,1H3,(H,6,7). The van der Waals surface area contributed by atoms with Gasteiger partial charge in [0.25, 0.3) is 0 Å². The van der Waals surface area contributed by atoms with Gasteiger partial charge in [0.1, 0.15) is 0 Å². The van der Waals surface area contributed by atoms with Crippen LogP contribution < -0.4 is 0 Å². The van der Waals surface area contributed by atoms with Gasteiger partial charge in [-0.05, 0) is 12.5 Å². The van der Waals surface area contributed by atoms with E-state index in [2.05, 4.69) is 6.58 Å².